The van der Waals surface area contributed by atoms with Crippen LogP contribution >= 0.6 is 0 Å². The minimum Gasteiger partial charge on any atom is -0.383 e. The third-order valence-electron chi connectivity index (χ3n) is 3.54. The summed E-state index contributed by atoms with van der Waals surface area (Å²) in [6.45, 7) is 8.92. The second kappa shape index (κ2) is 9.34. The normalized spacial score (nSPS) is 11.0. The highest BCUT2D eigenvalue weighted by Gasteiger charge is 2.10. The molecule has 0 unspecified atom stereocenters. The van der Waals surface area contributed by atoms with Gasteiger partial charge in [0, 0.05) is 25.3 Å². The summed E-state index contributed by atoms with van der Waals surface area (Å²) < 4.78 is 0. The SMILES string of the molecule is CCNc1cnccc1C(=O)NCCCCN(C)C(C)C. The van der Waals surface area contributed by atoms with Gasteiger partial charge in [0.1, 0.15) is 0 Å². The maximum atomic E-state index is 12.2. The van der Waals surface area contributed by atoms with Gasteiger partial charge < -0.3 is 15.5 Å². The average molecular weight is 292 g/mol. The molecule has 1 aromatic rings. The van der Waals surface area contributed by atoms with E-state index in [4.69, 9.17) is 0 Å². The predicted molar refractivity (Wildman–Crippen MR) is 87.7 cm³/mol. The average Bonchev–Trinajstić information content (AvgIpc) is 2.47. The molecule has 1 aromatic heterocycles. The molecule has 0 aliphatic carbocycles. The van der Waals surface area contributed by atoms with Crippen molar-refractivity contribution >= 4 is 11.6 Å². The molecule has 0 spiro atoms. The van der Waals surface area contributed by atoms with Crippen LogP contribution in [0.15, 0.2) is 18.5 Å². The van der Waals surface area contributed by atoms with Crippen LogP contribution in [0.1, 0.15) is 44.0 Å². The molecule has 0 saturated heterocycles. The molecular weight excluding hydrogens is 264 g/mol. The Morgan fingerprint density at radius 2 is 2.14 bits per heavy atom. The zero-order chi connectivity index (χ0) is 15.7. The Labute approximate surface area is 128 Å². The third kappa shape index (κ3) is 6.12. The van der Waals surface area contributed by atoms with Gasteiger partial charge in [0.15, 0.2) is 0 Å². The highest BCUT2D eigenvalue weighted by Crippen LogP contribution is 2.12. The zero-order valence-electron chi connectivity index (χ0n) is 13.6. The lowest BCUT2D eigenvalue weighted by Crippen LogP contribution is -2.29. The van der Waals surface area contributed by atoms with Gasteiger partial charge in [-0.25, -0.2) is 0 Å². The first-order valence-corrected chi connectivity index (χ1v) is 7.72. The number of unbranched alkanes of at least 4 members (excludes halogenated alkanes) is 1. The lowest BCUT2D eigenvalue weighted by Gasteiger charge is -2.20. The first-order valence-electron chi connectivity index (χ1n) is 7.72. The van der Waals surface area contributed by atoms with Crippen LogP contribution in [0.25, 0.3) is 0 Å². The Kier molecular flexibility index (Phi) is 7.75. The van der Waals surface area contributed by atoms with Gasteiger partial charge in [0.2, 0.25) is 0 Å². The summed E-state index contributed by atoms with van der Waals surface area (Å²) in [7, 11) is 2.13. The lowest BCUT2D eigenvalue weighted by molar-refractivity contribution is 0.0953. The number of anilines is 1. The summed E-state index contributed by atoms with van der Waals surface area (Å²) in [6.07, 6.45) is 5.42. The molecule has 0 aliphatic heterocycles. The molecule has 1 rings (SSSR count). The van der Waals surface area contributed by atoms with Crippen LogP contribution in [0.2, 0.25) is 0 Å². The standard InChI is InChI=1S/C16H28N4O/c1-5-18-15-12-17-10-8-14(15)16(21)19-9-6-7-11-20(4)13(2)3/h8,10,12-13,18H,5-7,9,11H2,1-4H3,(H,19,21). The van der Waals surface area contributed by atoms with Gasteiger partial charge in [-0.3, -0.25) is 9.78 Å². The largest absolute Gasteiger partial charge is 0.383 e. The molecule has 2 N–H and O–H groups in total. The maximum absolute atomic E-state index is 12.2. The fourth-order valence-electron chi connectivity index (χ4n) is 1.97. The maximum Gasteiger partial charge on any atom is 0.253 e. The number of aromatic nitrogens is 1. The van der Waals surface area contributed by atoms with E-state index in [-0.39, 0.29) is 5.91 Å². The van der Waals surface area contributed by atoms with E-state index in [0.29, 0.717) is 18.2 Å². The quantitative estimate of drug-likeness (QED) is 0.686. The number of hydrogen-bond donors (Lipinski definition) is 2. The number of hydrogen-bond acceptors (Lipinski definition) is 4. The van der Waals surface area contributed by atoms with E-state index < -0.39 is 0 Å². The van der Waals surface area contributed by atoms with Crippen molar-refractivity contribution in [3.05, 3.63) is 24.0 Å². The Morgan fingerprint density at radius 1 is 1.38 bits per heavy atom. The Bertz CT molecular complexity index is 434. The van der Waals surface area contributed by atoms with Gasteiger partial charge in [-0.2, -0.15) is 0 Å². The number of pyridine rings is 1. The Morgan fingerprint density at radius 3 is 2.81 bits per heavy atom. The number of carbonyl (C=O) groups excluding carboxylic acids is 1. The predicted octanol–water partition coefficient (Wildman–Crippen LogP) is 2.36. The van der Waals surface area contributed by atoms with E-state index in [9.17, 15) is 4.79 Å². The van der Waals surface area contributed by atoms with Crippen molar-refractivity contribution in [3.63, 3.8) is 0 Å². The summed E-state index contributed by atoms with van der Waals surface area (Å²) in [5.41, 5.74) is 1.45. The molecule has 1 amide bonds. The van der Waals surface area contributed by atoms with Crippen LogP contribution in [0.5, 0.6) is 0 Å². The zero-order valence-corrected chi connectivity index (χ0v) is 13.6. The van der Waals surface area contributed by atoms with Crippen LogP contribution in [-0.2, 0) is 0 Å². The van der Waals surface area contributed by atoms with Crippen molar-refractivity contribution in [3.8, 4) is 0 Å². The van der Waals surface area contributed by atoms with Crippen LogP contribution in [0.3, 0.4) is 0 Å². The number of amides is 1. The molecular formula is C16H28N4O. The molecule has 5 nitrogen and oxygen atoms in total. The molecule has 5 heteroatoms. The van der Waals surface area contributed by atoms with Crippen LogP contribution in [0, 0.1) is 0 Å². The van der Waals surface area contributed by atoms with E-state index in [0.717, 1.165) is 31.6 Å². The van der Waals surface area contributed by atoms with Crippen LogP contribution in [0.4, 0.5) is 5.69 Å². The van der Waals surface area contributed by atoms with Gasteiger partial charge in [-0.05, 0) is 53.3 Å². The first-order chi connectivity index (χ1) is 10.1. The van der Waals surface area contributed by atoms with Crippen LogP contribution in [-0.4, -0.2) is 48.5 Å². The Hall–Kier alpha value is -1.62. The summed E-state index contributed by atoms with van der Waals surface area (Å²) >= 11 is 0. The molecule has 0 atom stereocenters. The minimum atomic E-state index is -0.0365. The summed E-state index contributed by atoms with van der Waals surface area (Å²) in [5.74, 6) is -0.0365. The molecule has 118 valence electrons. The van der Waals surface area contributed by atoms with Gasteiger partial charge in [0.25, 0.3) is 5.91 Å². The summed E-state index contributed by atoms with van der Waals surface area (Å²) in [4.78, 5) is 18.5. The fourth-order valence-corrected chi connectivity index (χ4v) is 1.97. The van der Waals surface area contributed by atoms with Crippen molar-refractivity contribution in [1.29, 1.82) is 0 Å². The topological polar surface area (TPSA) is 57.3 Å². The van der Waals surface area contributed by atoms with Crippen molar-refractivity contribution in [1.82, 2.24) is 15.2 Å². The van der Waals surface area contributed by atoms with E-state index in [2.05, 4.69) is 41.4 Å². The smallest absolute Gasteiger partial charge is 0.253 e. The van der Waals surface area contributed by atoms with Crippen molar-refractivity contribution in [2.45, 2.75) is 39.7 Å². The van der Waals surface area contributed by atoms with Crippen molar-refractivity contribution in [2.24, 2.45) is 0 Å². The van der Waals surface area contributed by atoms with E-state index in [1.54, 1.807) is 18.5 Å². The summed E-state index contributed by atoms with van der Waals surface area (Å²) in [5, 5.41) is 6.13. The first kappa shape index (κ1) is 17.4. The Balaban J connectivity index is 2.34. The van der Waals surface area contributed by atoms with E-state index in [1.807, 2.05) is 6.92 Å². The minimum absolute atomic E-state index is 0.0365. The lowest BCUT2D eigenvalue weighted by atomic mass is 10.2. The van der Waals surface area contributed by atoms with Crippen molar-refractivity contribution < 1.29 is 4.79 Å². The van der Waals surface area contributed by atoms with Gasteiger partial charge in [-0.15, -0.1) is 0 Å². The van der Waals surface area contributed by atoms with E-state index in [1.165, 1.54) is 0 Å². The summed E-state index contributed by atoms with van der Waals surface area (Å²) in [6, 6.07) is 2.32. The molecule has 1 heterocycles. The number of carbonyl (C=O) groups is 1. The molecule has 0 aromatic carbocycles. The highest BCUT2D eigenvalue weighted by molar-refractivity contribution is 5.99. The van der Waals surface area contributed by atoms with Crippen molar-refractivity contribution in [2.75, 3.05) is 32.0 Å². The van der Waals surface area contributed by atoms with Gasteiger partial charge in [0.05, 0.1) is 17.4 Å². The molecule has 0 aliphatic rings. The number of rotatable bonds is 9. The van der Waals surface area contributed by atoms with Crippen LogP contribution < -0.4 is 10.6 Å². The van der Waals surface area contributed by atoms with Gasteiger partial charge >= 0.3 is 0 Å². The second-order valence-electron chi connectivity index (χ2n) is 5.49. The molecule has 21 heavy (non-hydrogen) atoms. The molecule has 0 radical (unpaired) electrons. The second-order valence-corrected chi connectivity index (χ2v) is 5.49. The molecule has 0 bridgehead atoms. The number of nitrogens with one attached hydrogen (secondary N) is 2. The number of nitrogens with zero attached hydrogens (tertiary/aromatic N) is 2. The van der Waals surface area contributed by atoms with Gasteiger partial charge in [-0.1, -0.05) is 0 Å². The molecule has 0 fully saturated rings. The third-order valence-corrected chi connectivity index (χ3v) is 3.54. The fraction of sp³-hybridized carbons (Fsp3) is 0.625. The highest BCUT2D eigenvalue weighted by atomic mass is 16.1. The monoisotopic (exact) mass is 292 g/mol. The van der Waals surface area contributed by atoms with E-state index >= 15 is 0 Å². The molecule has 0 saturated carbocycles.